The van der Waals surface area contributed by atoms with Crippen molar-refractivity contribution in [1.82, 2.24) is 10.6 Å². The maximum absolute atomic E-state index is 11.9. The number of guanidine groups is 1. The summed E-state index contributed by atoms with van der Waals surface area (Å²) in [5, 5.41) is 18.3. The molecule has 24 heavy (non-hydrogen) atoms. The molecule has 0 aliphatic carbocycles. The summed E-state index contributed by atoms with van der Waals surface area (Å²) in [6.45, 7) is 8.02. The van der Waals surface area contributed by atoms with Crippen molar-refractivity contribution in [3.05, 3.63) is 24.3 Å². The molecule has 1 rings (SSSR count). The Morgan fingerprint density at radius 3 is 2.46 bits per heavy atom. The van der Waals surface area contributed by atoms with Gasteiger partial charge in [-0.1, -0.05) is 13.8 Å². The van der Waals surface area contributed by atoms with E-state index in [-0.39, 0.29) is 42.2 Å². The number of hydrogen-bond acceptors (Lipinski definition) is 3. The second kappa shape index (κ2) is 12.9. The second-order valence-electron chi connectivity index (χ2n) is 5.75. The Bertz CT molecular complexity index is 504. The van der Waals surface area contributed by atoms with Crippen LogP contribution in [0.1, 0.15) is 33.6 Å². The van der Waals surface area contributed by atoms with Gasteiger partial charge in [-0.05, 0) is 49.9 Å². The van der Waals surface area contributed by atoms with Crippen LogP contribution in [0.3, 0.4) is 0 Å². The number of aromatic hydroxyl groups is 1. The topological polar surface area (TPSA) is 85.8 Å². The van der Waals surface area contributed by atoms with Crippen molar-refractivity contribution in [2.24, 2.45) is 10.9 Å². The van der Waals surface area contributed by atoms with E-state index in [0.29, 0.717) is 17.6 Å². The van der Waals surface area contributed by atoms with Crippen molar-refractivity contribution in [3.8, 4) is 5.75 Å². The third-order valence-corrected chi connectivity index (χ3v) is 3.13. The molecule has 0 bridgehead atoms. The van der Waals surface area contributed by atoms with Crippen LogP contribution in [0, 0.1) is 5.92 Å². The number of rotatable bonds is 8. The van der Waals surface area contributed by atoms with Crippen molar-refractivity contribution < 1.29 is 9.90 Å². The summed E-state index contributed by atoms with van der Waals surface area (Å²) in [5.41, 5.74) is 0.637. The van der Waals surface area contributed by atoms with Gasteiger partial charge in [-0.2, -0.15) is 0 Å². The van der Waals surface area contributed by atoms with Crippen molar-refractivity contribution in [3.63, 3.8) is 0 Å². The molecule has 136 valence electrons. The van der Waals surface area contributed by atoms with Crippen LogP contribution in [-0.2, 0) is 4.79 Å². The van der Waals surface area contributed by atoms with Gasteiger partial charge in [0.2, 0.25) is 5.91 Å². The van der Waals surface area contributed by atoms with E-state index in [4.69, 9.17) is 0 Å². The molecule has 1 aromatic rings. The fraction of sp³-hybridized carbons (Fsp3) is 0.529. The fourth-order valence-electron chi connectivity index (χ4n) is 1.95. The van der Waals surface area contributed by atoms with Gasteiger partial charge in [0.25, 0.3) is 0 Å². The zero-order valence-electron chi connectivity index (χ0n) is 14.6. The summed E-state index contributed by atoms with van der Waals surface area (Å²) in [6, 6.07) is 6.34. The van der Waals surface area contributed by atoms with Gasteiger partial charge in [0, 0.05) is 18.8 Å². The van der Waals surface area contributed by atoms with Crippen LogP contribution in [-0.4, -0.2) is 36.6 Å². The highest BCUT2D eigenvalue weighted by atomic mass is 127. The molecule has 0 unspecified atom stereocenters. The molecule has 0 aliphatic rings. The number of halogens is 1. The number of carbonyl (C=O) groups is 1. The lowest BCUT2D eigenvalue weighted by Gasteiger charge is -2.12. The van der Waals surface area contributed by atoms with E-state index >= 15 is 0 Å². The normalized spacial score (nSPS) is 10.9. The summed E-state index contributed by atoms with van der Waals surface area (Å²) in [7, 11) is 0. The molecule has 0 spiro atoms. The van der Waals surface area contributed by atoms with E-state index in [1.165, 1.54) is 12.1 Å². The first kappa shape index (κ1) is 22.5. The fourth-order valence-corrected chi connectivity index (χ4v) is 1.95. The first-order valence-electron chi connectivity index (χ1n) is 8.12. The highest BCUT2D eigenvalue weighted by Gasteiger charge is 2.03. The molecule has 1 aromatic carbocycles. The average Bonchev–Trinajstić information content (AvgIpc) is 2.51. The minimum atomic E-state index is -0.199. The van der Waals surface area contributed by atoms with Gasteiger partial charge in [-0.25, -0.2) is 4.99 Å². The lowest BCUT2D eigenvalue weighted by molar-refractivity contribution is -0.114. The van der Waals surface area contributed by atoms with Crippen LogP contribution in [0.2, 0.25) is 0 Å². The number of nitrogens with zero attached hydrogens (tertiary/aromatic N) is 1. The number of phenols is 1. The van der Waals surface area contributed by atoms with E-state index < -0.39 is 0 Å². The van der Waals surface area contributed by atoms with Crippen LogP contribution in [0.4, 0.5) is 5.69 Å². The van der Waals surface area contributed by atoms with E-state index in [1.54, 1.807) is 12.1 Å². The predicted molar refractivity (Wildman–Crippen MR) is 110 cm³/mol. The zero-order chi connectivity index (χ0) is 17.1. The van der Waals surface area contributed by atoms with E-state index in [1.807, 2.05) is 6.92 Å². The molecule has 4 N–H and O–H groups in total. The largest absolute Gasteiger partial charge is 0.508 e. The van der Waals surface area contributed by atoms with Crippen LogP contribution < -0.4 is 16.0 Å². The van der Waals surface area contributed by atoms with Gasteiger partial charge in [0.1, 0.15) is 12.3 Å². The molecule has 0 fully saturated rings. The summed E-state index contributed by atoms with van der Waals surface area (Å²) < 4.78 is 0. The molecule has 1 amide bonds. The van der Waals surface area contributed by atoms with Crippen LogP contribution in [0.25, 0.3) is 0 Å². The maximum Gasteiger partial charge on any atom is 0.246 e. The first-order chi connectivity index (χ1) is 11.0. The molecule has 0 atom stereocenters. The van der Waals surface area contributed by atoms with E-state index in [9.17, 15) is 9.90 Å². The minimum absolute atomic E-state index is 0. The quantitative estimate of drug-likeness (QED) is 0.162. The zero-order valence-corrected chi connectivity index (χ0v) is 17.0. The Morgan fingerprint density at radius 1 is 1.21 bits per heavy atom. The Kier molecular flexibility index (Phi) is 12.0. The lowest BCUT2D eigenvalue weighted by Crippen LogP contribution is -2.38. The van der Waals surface area contributed by atoms with Crippen molar-refractivity contribution in [2.45, 2.75) is 33.6 Å². The van der Waals surface area contributed by atoms with E-state index in [0.717, 1.165) is 25.9 Å². The molecule has 0 heterocycles. The summed E-state index contributed by atoms with van der Waals surface area (Å²) in [5.74, 6) is 1.31. The molecule has 7 heteroatoms. The third kappa shape index (κ3) is 10.3. The number of amides is 1. The predicted octanol–water partition coefficient (Wildman–Crippen LogP) is 2.94. The minimum Gasteiger partial charge on any atom is -0.508 e. The van der Waals surface area contributed by atoms with Gasteiger partial charge in [-0.3, -0.25) is 4.79 Å². The van der Waals surface area contributed by atoms with Gasteiger partial charge in [-0.15, -0.1) is 24.0 Å². The van der Waals surface area contributed by atoms with Crippen molar-refractivity contribution in [1.29, 1.82) is 0 Å². The molecule has 0 saturated carbocycles. The van der Waals surface area contributed by atoms with E-state index in [2.05, 4.69) is 34.8 Å². The summed E-state index contributed by atoms with van der Waals surface area (Å²) in [4.78, 5) is 16.2. The lowest BCUT2D eigenvalue weighted by atomic mass is 10.1. The highest BCUT2D eigenvalue weighted by Crippen LogP contribution is 2.13. The highest BCUT2D eigenvalue weighted by molar-refractivity contribution is 14.0. The summed E-state index contributed by atoms with van der Waals surface area (Å²) >= 11 is 0. The number of hydrogen-bond donors (Lipinski definition) is 4. The number of nitrogens with one attached hydrogen (secondary N) is 3. The Morgan fingerprint density at radius 2 is 1.88 bits per heavy atom. The molecular weight excluding hydrogens is 419 g/mol. The Labute approximate surface area is 161 Å². The molecule has 6 nitrogen and oxygen atoms in total. The third-order valence-electron chi connectivity index (χ3n) is 3.13. The molecule has 0 saturated heterocycles. The van der Waals surface area contributed by atoms with Gasteiger partial charge in [0.15, 0.2) is 5.96 Å². The van der Waals surface area contributed by atoms with Crippen molar-refractivity contribution >= 4 is 41.5 Å². The van der Waals surface area contributed by atoms with Crippen LogP contribution >= 0.6 is 24.0 Å². The molecule has 0 aliphatic heterocycles. The van der Waals surface area contributed by atoms with Gasteiger partial charge in [0.05, 0.1) is 0 Å². The van der Waals surface area contributed by atoms with Crippen molar-refractivity contribution in [2.75, 3.05) is 25.0 Å². The maximum atomic E-state index is 11.9. The van der Waals surface area contributed by atoms with Crippen LogP contribution in [0.5, 0.6) is 5.75 Å². The number of benzene rings is 1. The van der Waals surface area contributed by atoms with Crippen LogP contribution in [0.15, 0.2) is 29.3 Å². The number of phenolic OH excluding ortho intramolecular Hbond substituents is 1. The van der Waals surface area contributed by atoms with Gasteiger partial charge < -0.3 is 21.1 Å². The molecule has 0 radical (unpaired) electrons. The monoisotopic (exact) mass is 448 g/mol. The SMILES string of the molecule is CCNC(=NCC(=O)Nc1ccc(O)cc1)NCCCC(C)C.I. The number of aliphatic imine (C=N–C) groups is 1. The molecular formula is C17H29IN4O2. The molecule has 0 aromatic heterocycles. The standard InChI is InChI=1S/C17H28N4O2.HI/c1-4-18-17(19-11-5-6-13(2)3)20-12-16(23)21-14-7-9-15(22)10-8-14;/h7-10,13,22H,4-6,11-12H2,1-3H3,(H,21,23)(H2,18,19,20);1H. The number of carbonyl (C=O) groups excluding carboxylic acids is 1. The summed E-state index contributed by atoms with van der Waals surface area (Å²) in [6.07, 6.45) is 2.23. The second-order valence-corrected chi connectivity index (χ2v) is 5.75. The number of anilines is 1. The smallest absolute Gasteiger partial charge is 0.246 e. The first-order valence-corrected chi connectivity index (χ1v) is 8.12. The Hall–Kier alpha value is -1.51. The van der Waals surface area contributed by atoms with Gasteiger partial charge >= 0.3 is 0 Å². The average molecular weight is 448 g/mol. The Balaban J connectivity index is 0.00000529.